The molecule has 0 heterocycles. The third kappa shape index (κ3) is 5.61. The largest absolute Gasteiger partial charge is 0.495 e. The predicted molar refractivity (Wildman–Crippen MR) is 75.0 cm³/mol. The van der Waals surface area contributed by atoms with E-state index in [1.54, 1.807) is 19.2 Å². The number of carbonyl (C=O) groups is 1. The summed E-state index contributed by atoms with van der Waals surface area (Å²) in [6, 6.07) is 5.47. The quantitative estimate of drug-likeness (QED) is 0.555. The number of anilines is 1. The van der Waals surface area contributed by atoms with Crippen LogP contribution in [0.3, 0.4) is 0 Å². The van der Waals surface area contributed by atoms with E-state index in [1.807, 2.05) is 13.0 Å². The lowest BCUT2D eigenvalue weighted by Crippen LogP contribution is -2.24. The van der Waals surface area contributed by atoms with E-state index in [2.05, 4.69) is 5.32 Å². The molecule has 0 saturated carbocycles. The topological polar surface area (TPSA) is 73.6 Å². The highest BCUT2D eigenvalue weighted by Gasteiger charge is 2.03. The van der Waals surface area contributed by atoms with Gasteiger partial charge in [0, 0.05) is 19.6 Å². The van der Waals surface area contributed by atoms with Crippen LogP contribution in [0.2, 0.25) is 0 Å². The highest BCUT2D eigenvalue weighted by Crippen LogP contribution is 2.21. The van der Waals surface area contributed by atoms with Crippen LogP contribution < -0.4 is 15.8 Å². The number of nitrogens with two attached hydrogens (primary N) is 1. The zero-order chi connectivity index (χ0) is 14.1. The molecule has 0 aliphatic carbocycles. The summed E-state index contributed by atoms with van der Waals surface area (Å²) in [5.41, 5.74) is 7.31. The van der Waals surface area contributed by atoms with Gasteiger partial charge in [0.05, 0.1) is 19.4 Å². The Morgan fingerprint density at radius 2 is 2.16 bits per heavy atom. The minimum Gasteiger partial charge on any atom is -0.495 e. The van der Waals surface area contributed by atoms with Gasteiger partial charge in [-0.15, -0.1) is 0 Å². The van der Waals surface area contributed by atoms with Gasteiger partial charge in [-0.1, -0.05) is 13.0 Å². The molecule has 0 aromatic heterocycles. The molecular formula is C14H22N2O3. The maximum Gasteiger partial charge on any atom is 0.222 e. The van der Waals surface area contributed by atoms with E-state index in [-0.39, 0.29) is 5.91 Å². The first kappa shape index (κ1) is 15.3. The number of amides is 1. The first-order chi connectivity index (χ1) is 9.17. The van der Waals surface area contributed by atoms with E-state index in [4.69, 9.17) is 15.2 Å². The molecule has 1 aromatic carbocycles. The van der Waals surface area contributed by atoms with Crippen LogP contribution in [0.5, 0.6) is 5.75 Å². The highest BCUT2D eigenvalue weighted by atomic mass is 16.5. The third-order valence-electron chi connectivity index (χ3n) is 2.61. The fourth-order valence-electron chi connectivity index (χ4n) is 1.59. The fraction of sp³-hybridized carbons (Fsp3) is 0.500. The Hall–Kier alpha value is -1.75. The number of nitrogens with one attached hydrogen (secondary N) is 1. The third-order valence-corrected chi connectivity index (χ3v) is 2.61. The van der Waals surface area contributed by atoms with Gasteiger partial charge < -0.3 is 20.5 Å². The summed E-state index contributed by atoms with van der Waals surface area (Å²) in [4.78, 5) is 11.5. The van der Waals surface area contributed by atoms with Crippen molar-refractivity contribution in [3.8, 4) is 5.75 Å². The normalized spacial score (nSPS) is 10.2. The van der Waals surface area contributed by atoms with Gasteiger partial charge in [0.1, 0.15) is 5.75 Å². The van der Waals surface area contributed by atoms with E-state index in [0.717, 1.165) is 12.0 Å². The van der Waals surface area contributed by atoms with Gasteiger partial charge in [-0.05, 0) is 24.1 Å². The van der Waals surface area contributed by atoms with Gasteiger partial charge >= 0.3 is 0 Å². The van der Waals surface area contributed by atoms with Gasteiger partial charge in [-0.25, -0.2) is 0 Å². The average molecular weight is 266 g/mol. The van der Waals surface area contributed by atoms with Crippen LogP contribution >= 0.6 is 0 Å². The fourth-order valence-corrected chi connectivity index (χ4v) is 1.59. The number of hydrogen-bond donors (Lipinski definition) is 2. The minimum absolute atomic E-state index is 0.0227. The molecule has 0 aliphatic rings. The summed E-state index contributed by atoms with van der Waals surface area (Å²) in [6.45, 7) is 3.65. The molecule has 1 rings (SSSR count). The molecule has 1 aromatic rings. The van der Waals surface area contributed by atoms with Gasteiger partial charge in [0.2, 0.25) is 5.91 Å². The number of methoxy groups -OCH3 is 1. The zero-order valence-corrected chi connectivity index (χ0v) is 11.6. The molecule has 5 heteroatoms. The first-order valence-corrected chi connectivity index (χ1v) is 6.44. The van der Waals surface area contributed by atoms with Crippen molar-refractivity contribution in [2.45, 2.75) is 26.3 Å². The molecule has 0 radical (unpaired) electrons. The first-order valence-electron chi connectivity index (χ1n) is 6.44. The number of benzene rings is 1. The van der Waals surface area contributed by atoms with Gasteiger partial charge in [-0.3, -0.25) is 4.79 Å². The summed E-state index contributed by atoms with van der Waals surface area (Å²) in [5, 5.41) is 2.83. The molecule has 0 atom stereocenters. The van der Waals surface area contributed by atoms with E-state index in [0.29, 0.717) is 37.6 Å². The van der Waals surface area contributed by atoms with E-state index < -0.39 is 0 Å². The summed E-state index contributed by atoms with van der Waals surface area (Å²) in [7, 11) is 1.57. The number of hydrogen-bond acceptors (Lipinski definition) is 4. The molecule has 1 amide bonds. The van der Waals surface area contributed by atoms with Crippen molar-refractivity contribution in [3.05, 3.63) is 23.8 Å². The van der Waals surface area contributed by atoms with Gasteiger partial charge in [-0.2, -0.15) is 0 Å². The molecule has 0 saturated heterocycles. The Kier molecular flexibility index (Phi) is 6.74. The lowest BCUT2D eigenvalue weighted by atomic mass is 10.2. The molecule has 106 valence electrons. The van der Waals surface area contributed by atoms with Crippen LogP contribution in [0.15, 0.2) is 18.2 Å². The van der Waals surface area contributed by atoms with Gasteiger partial charge in [0.15, 0.2) is 0 Å². The maximum absolute atomic E-state index is 11.5. The van der Waals surface area contributed by atoms with E-state index in [1.165, 1.54) is 0 Å². The number of carbonyl (C=O) groups excluding carboxylic acids is 1. The number of ether oxygens (including phenoxy) is 2. The van der Waals surface area contributed by atoms with Crippen molar-refractivity contribution in [2.24, 2.45) is 0 Å². The Balaban J connectivity index is 2.32. The monoisotopic (exact) mass is 266 g/mol. The van der Waals surface area contributed by atoms with Crippen molar-refractivity contribution < 1.29 is 14.3 Å². The Labute approximate surface area is 114 Å². The van der Waals surface area contributed by atoms with Crippen molar-refractivity contribution in [3.63, 3.8) is 0 Å². The molecule has 0 aliphatic heterocycles. The summed E-state index contributed by atoms with van der Waals surface area (Å²) < 4.78 is 10.3. The standard InChI is InChI=1S/C14H22N2O3/c1-3-7-19-8-6-14(17)16-10-11-4-5-13(18-2)12(15)9-11/h4-5,9H,3,6-8,10,15H2,1-2H3,(H,16,17). The van der Waals surface area contributed by atoms with Crippen molar-refractivity contribution in [1.29, 1.82) is 0 Å². The number of nitrogen functional groups attached to an aromatic ring is 1. The van der Waals surface area contributed by atoms with Crippen LogP contribution in [0, 0.1) is 0 Å². The second kappa shape index (κ2) is 8.37. The lowest BCUT2D eigenvalue weighted by Gasteiger charge is -2.08. The predicted octanol–water partition coefficient (Wildman–Crippen LogP) is 1.71. The van der Waals surface area contributed by atoms with Crippen molar-refractivity contribution in [1.82, 2.24) is 5.32 Å². The number of rotatable bonds is 8. The lowest BCUT2D eigenvalue weighted by molar-refractivity contribution is -0.122. The minimum atomic E-state index is -0.0227. The summed E-state index contributed by atoms with van der Waals surface area (Å²) in [5.74, 6) is 0.619. The van der Waals surface area contributed by atoms with Crippen molar-refractivity contribution >= 4 is 11.6 Å². The van der Waals surface area contributed by atoms with Crippen LogP contribution in [-0.4, -0.2) is 26.2 Å². The average Bonchev–Trinajstić information content (AvgIpc) is 2.41. The molecule has 0 fully saturated rings. The van der Waals surface area contributed by atoms with E-state index >= 15 is 0 Å². The molecular weight excluding hydrogens is 244 g/mol. The Morgan fingerprint density at radius 3 is 2.79 bits per heavy atom. The van der Waals surface area contributed by atoms with Crippen LogP contribution in [0.25, 0.3) is 0 Å². The SMILES string of the molecule is CCCOCCC(=O)NCc1ccc(OC)c(N)c1. The molecule has 0 spiro atoms. The Bertz CT molecular complexity index is 408. The summed E-state index contributed by atoms with van der Waals surface area (Å²) in [6.07, 6.45) is 1.35. The van der Waals surface area contributed by atoms with Crippen LogP contribution in [0.4, 0.5) is 5.69 Å². The zero-order valence-electron chi connectivity index (χ0n) is 11.6. The van der Waals surface area contributed by atoms with Crippen molar-refractivity contribution in [2.75, 3.05) is 26.1 Å². The maximum atomic E-state index is 11.5. The molecule has 3 N–H and O–H groups in total. The van der Waals surface area contributed by atoms with Crippen LogP contribution in [0.1, 0.15) is 25.3 Å². The summed E-state index contributed by atoms with van der Waals surface area (Å²) >= 11 is 0. The van der Waals surface area contributed by atoms with E-state index in [9.17, 15) is 4.79 Å². The molecule has 5 nitrogen and oxygen atoms in total. The smallest absolute Gasteiger partial charge is 0.222 e. The highest BCUT2D eigenvalue weighted by molar-refractivity contribution is 5.76. The Morgan fingerprint density at radius 1 is 1.37 bits per heavy atom. The molecule has 19 heavy (non-hydrogen) atoms. The second-order valence-corrected chi connectivity index (χ2v) is 4.22. The van der Waals surface area contributed by atoms with Gasteiger partial charge in [0.25, 0.3) is 0 Å². The van der Waals surface area contributed by atoms with Crippen LogP contribution in [-0.2, 0) is 16.1 Å². The molecule has 0 unspecified atom stereocenters. The molecule has 0 bridgehead atoms. The second-order valence-electron chi connectivity index (χ2n) is 4.22.